The highest BCUT2D eigenvalue weighted by Gasteiger charge is 2.42. The van der Waals surface area contributed by atoms with Crippen LogP contribution in [0.3, 0.4) is 0 Å². The first-order valence-corrected chi connectivity index (χ1v) is 17.1. The molecule has 236 valence electrons. The zero-order chi connectivity index (χ0) is 33.2. The number of hydrogen-bond acceptors (Lipinski definition) is 2. The third-order valence-corrected chi connectivity index (χ3v) is 10.8. The van der Waals surface area contributed by atoms with Gasteiger partial charge >= 0.3 is 0 Å². The Labute approximate surface area is 288 Å². The van der Waals surface area contributed by atoms with Crippen molar-refractivity contribution in [1.82, 2.24) is 0 Å². The largest absolute Gasteiger partial charge is 0.457 e. The fraction of sp³-hybridized carbons (Fsp3) is 0.106. The third kappa shape index (κ3) is 4.41. The van der Waals surface area contributed by atoms with E-state index in [1.54, 1.807) is 0 Å². The maximum absolute atomic E-state index is 6.60. The van der Waals surface area contributed by atoms with Crippen molar-refractivity contribution < 1.29 is 4.74 Å². The molecule has 0 saturated carbocycles. The summed E-state index contributed by atoms with van der Waals surface area (Å²) in [7, 11) is 0. The summed E-state index contributed by atoms with van der Waals surface area (Å²) in [6, 6.07) is 61.4. The second kappa shape index (κ2) is 11.1. The minimum atomic E-state index is -0.357. The minimum Gasteiger partial charge on any atom is -0.457 e. The first kappa shape index (κ1) is 29.3. The third-order valence-electron chi connectivity index (χ3n) is 10.8. The lowest BCUT2D eigenvalue weighted by Crippen LogP contribution is -2.26. The number of anilines is 3. The van der Waals surface area contributed by atoms with Crippen molar-refractivity contribution in [3.63, 3.8) is 0 Å². The summed E-state index contributed by atoms with van der Waals surface area (Å²) in [5.41, 5.74) is 14.1. The van der Waals surface area contributed by atoms with Gasteiger partial charge in [0.2, 0.25) is 0 Å². The molecule has 0 radical (unpaired) electrons. The van der Waals surface area contributed by atoms with E-state index < -0.39 is 0 Å². The van der Waals surface area contributed by atoms with Crippen LogP contribution in [0.2, 0.25) is 0 Å². The van der Waals surface area contributed by atoms with Crippen LogP contribution in [-0.4, -0.2) is 0 Å². The van der Waals surface area contributed by atoms with Crippen LogP contribution in [0.4, 0.5) is 17.1 Å². The predicted octanol–water partition coefficient (Wildman–Crippen LogP) is 12.6. The molecule has 9 rings (SSSR count). The molecule has 1 aliphatic heterocycles. The molecule has 0 atom stereocenters. The molecule has 0 saturated heterocycles. The number of rotatable bonds is 5. The Bertz CT molecular complexity index is 2320. The molecule has 0 fully saturated rings. The molecular weight excluding hydrogens is 595 g/mol. The topological polar surface area (TPSA) is 12.5 Å². The number of nitrogens with zero attached hydrogens (tertiary/aromatic N) is 1. The SMILES string of the molecule is CC1(C)c2ccccc2Oc2cc(-c3ccccc3N(c3ccccc3)c3ccccc3C3(C)c4ccccc4-c4ccccc43)ccc21. The van der Waals surface area contributed by atoms with Gasteiger partial charge in [-0.3, -0.25) is 0 Å². The van der Waals surface area contributed by atoms with Crippen molar-refractivity contribution in [2.45, 2.75) is 31.6 Å². The summed E-state index contributed by atoms with van der Waals surface area (Å²) >= 11 is 0. The van der Waals surface area contributed by atoms with Gasteiger partial charge in [0.05, 0.1) is 11.4 Å². The number of ether oxygens (including phenoxy) is 1. The van der Waals surface area contributed by atoms with Crippen LogP contribution in [0.1, 0.15) is 48.6 Å². The smallest absolute Gasteiger partial charge is 0.132 e. The lowest BCUT2D eigenvalue weighted by molar-refractivity contribution is 0.418. The van der Waals surface area contributed by atoms with E-state index in [0.717, 1.165) is 39.7 Å². The fourth-order valence-electron chi connectivity index (χ4n) is 8.36. The molecule has 0 aromatic heterocycles. The van der Waals surface area contributed by atoms with Gasteiger partial charge in [0, 0.05) is 33.2 Å². The van der Waals surface area contributed by atoms with Crippen molar-refractivity contribution in [3.05, 3.63) is 198 Å². The number of fused-ring (bicyclic) bond motifs is 5. The average molecular weight is 632 g/mol. The molecule has 0 unspecified atom stereocenters. The molecule has 0 amide bonds. The number of para-hydroxylation sites is 4. The van der Waals surface area contributed by atoms with Crippen molar-refractivity contribution >= 4 is 17.1 Å². The van der Waals surface area contributed by atoms with Crippen molar-refractivity contribution in [3.8, 4) is 33.8 Å². The number of benzene rings is 7. The predicted molar refractivity (Wildman–Crippen MR) is 203 cm³/mol. The van der Waals surface area contributed by atoms with Gasteiger partial charge in [-0.05, 0) is 76.7 Å². The molecule has 7 aromatic carbocycles. The van der Waals surface area contributed by atoms with Crippen LogP contribution in [0.5, 0.6) is 11.5 Å². The molecule has 2 heteroatoms. The Morgan fingerprint density at radius 2 is 0.918 bits per heavy atom. The Hall–Kier alpha value is -5.86. The van der Waals surface area contributed by atoms with Crippen LogP contribution in [-0.2, 0) is 10.8 Å². The summed E-state index contributed by atoms with van der Waals surface area (Å²) in [5, 5.41) is 0. The van der Waals surface area contributed by atoms with Gasteiger partial charge in [-0.2, -0.15) is 0 Å². The van der Waals surface area contributed by atoms with E-state index in [1.807, 2.05) is 0 Å². The van der Waals surface area contributed by atoms with Crippen molar-refractivity contribution in [2.75, 3.05) is 4.90 Å². The average Bonchev–Trinajstić information content (AvgIpc) is 3.41. The van der Waals surface area contributed by atoms with Crippen LogP contribution in [0.25, 0.3) is 22.3 Å². The normalized spacial score (nSPS) is 14.5. The van der Waals surface area contributed by atoms with E-state index in [4.69, 9.17) is 4.74 Å². The molecule has 0 bridgehead atoms. The van der Waals surface area contributed by atoms with E-state index in [9.17, 15) is 0 Å². The quantitative estimate of drug-likeness (QED) is 0.187. The van der Waals surface area contributed by atoms with Crippen LogP contribution >= 0.6 is 0 Å². The Kier molecular flexibility index (Phi) is 6.64. The lowest BCUT2D eigenvalue weighted by Gasteiger charge is -2.36. The second-order valence-electron chi connectivity index (χ2n) is 13.9. The molecule has 0 spiro atoms. The molecular formula is C47H37NO. The van der Waals surface area contributed by atoms with E-state index in [0.29, 0.717) is 0 Å². The van der Waals surface area contributed by atoms with Gasteiger partial charge < -0.3 is 9.64 Å². The van der Waals surface area contributed by atoms with E-state index in [1.165, 1.54) is 38.9 Å². The maximum Gasteiger partial charge on any atom is 0.132 e. The standard InChI is InChI=1S/C47H37NO/c1-46(2)40-25-13-16-28-44(40)49-45-31-32(29-30-41(45)46)34-19-9-14-26-42(34)48(33-17-5-4-6-18-33)43-27-15-12-24-39(43)47(3)37-22-10-7-20-35(37)36-21-8-11-23-38(36)47/h4-31H,1-3H3. The molecule has 7 aromatic rings. The maximum atomic E-state index is 6.60. The van der Waals surface area contributed by atoms with Crippen LogP contribution < -0.4 is 9.64 Å². The van der Waals surface area contributed by atoms with Gasteiger partial charge in [-0.1, -0.05) is 147 Å². The second-order valence-corrected chi connectivity index (χ2v) is 13.9. The Morgan fingerprint density at radius 3 is 1.61 bits per heavy atom. The van der Waals surface area contributed by atoms with E-state index >= 15 is 0 Å². The zero-order valence-electron chi connectivity index (χ0n) is 28.0. The highest BCUT2D eigenvalue weighted by atomic mass is 16.5. The minimum absolute atomic E-state index is 0.166. The lowest BCUT2D eigenvalue weighted by atomic mass is 9.73. The molecule has 1 aliphatic carbocycles. The van der Waals surface area contributed by atoms with E-state index in [-0.39, 0.29) is 10.8 Å². The molecule has 2 aliphatic rings. The zero-order valence-corrected chi connectivity index (χ0v) is 28.0. The number of hydrogen-bond donors (Lipinski definition) is 0. The molecule has 2 nitrogen and oxygen atoms in total. The molecule has 0 N–H and O–H groups in total. The highest BCUT2D eigenvalue weighted by Crippen LogP contribution is 2.56. The summed E-state index contributed by atoms with van der Waals surface area (Å²) in [5.74, 6) is 1.84. The first-order chi connectivity index (χ1) is 24.0. The van der Waals surface area contributed by atoms with Crippen LogP contribution in [0, 0.1) is 0 Å². The van der Waals surface area contributed by atoms with Gasteiger partial charge in [-0.25, -0.2) is 0 Å². The van der Waals surface area contributed by atoms with E-state index in [2.05, 4.69) is 196 Å². The fourth-order valence-corrected chi connectivity index (χ4v) is 8.36. The van der Waals surface area contributed by atoms with Crippen molar-refractivity contribution in [2.24, 2.45) is 0 Å². The summed E-state index contributed by atoms with van der Waals surface area (Å²) in [4.78, 5) is 2.44. The highest BCUT2D eigenvalue weighted by molar-refractivity contribution is 5.92. The summed E-state index contributed by atoms with van der Waals surface area (Å²) in [6.45, 7) is 6.97. The summed E-state index contributed by atoms with van der Waals surface area (Å²) in [6.07, 6.45) is 0. The summed E-state index contributed by atoms with van der Waals surface area (Å²) < 4.78 is 6.60. The van der Waals surface area contributed by atoms with Crippen molar-refractivity contribution in [1.29, 1.82) is 0 Å². The van der Waals surface area contributed by atoms with Gasteiger partial charge in [0.15, 0.2) is 0 Å². The first-order valence-electron chi connectivity index (χ1n) is 17.1. The Balaban J connectivity index is 1.25. The Morgan fingerprint density at radius 1 is 0.408 bits per heavy atom. The molecule has 1 heterocycles. The van der Waals surface area contributed by atoms with Crippen LogP contribution in [0.15, 0.2) is 170 Å². The monoisotopic (exact) mass is 631 g/mol. The van der Waals surface area contributed by atoms with Gasteiger partial charge in [0.25, 0.3) is 0 Å². The van der Waals surface area contributed by atoms with Gasteiger partial charge in [-0.15, -0.1) is 0 Å². The molecule has 49 heavy (non-hydrogen) atoms. The van der Waals surface area contributed by atoms with Gasteiger partial charge in [0.1, 0.15) is 11.5 Å².